The van der Waals surface area contributed by atoms with E-state index in [0.717, 1.165) is 29.4 Å². The largest absolute Gasteiger partial charge is 0.309 e. The van der Waals surface area contributed by atoms with Gasteiger partial charge in [0.1, 0.15) is 0 Å². The molecule has 0 saturated carbocycles. The molecule has 18 heavy (non-hydrogen) atoms. The minimum Gasteiger partial charge on any atom is -0.309 e. The highest BCUT2D eigenvalue weighted by atomic mass is 15.3. The summed E-state index contributed by atoms with van der Waals surface area (Å²) < 4.78 is 1.81. The van der Waals surface area contributed by atoms with Gasteiger partial charge in [-0.1, -0.05) is 13.8 Å². The SMILES string of the molecule is Cc1cc(C)n(-c2cnc(CNC(C)C)cn2)n1. The number of hydrogen-bond donors (Lipinski definition) is 1. The summed E-state index contributed by atoms with van der Waals surface area (Å²) in [6.45, 7) is 8.94. The van der Waals surface area contributed by atoms with Crippen LogP contribution >= 0.6 is 0 Å². The standard InChI is InChI=1S/C13H19N5/c1-9(2)14-6-12-7-16-13(8-15-12)18-11(4)5-10(3)17-18/h5,7-9,14H,6H2,1-4H3. The molecule has 0 spiro atoms. The molecule has 2 heterocycles. The monoisotopic (exact) mass is 245 g/mol. The van der Waals surface area contributed by atoms with Gasteiger partial charge in [0.15, 0.2) is 5.82 Å². The average molecular weight is 245 g/mol. The second-order valence-electron chi connectivity index (χ2n) is 4.74. The molecule has 0 aromatic carbocycles. The van der Waals surface area contributed by atoms with Crippen LogP contribution in [0.5, 0.6) is 0 Å². The molecule has 0 bridgehead atoms. The van der Waals surface area contributed by atoms with Crippen molar-refractivity contribution in [2.24, 2.45) is 0 Å². The Morgan fingerprint density at radius 3 is 2.50 bits per heavy atom. The second kappa shape index (κ2) is 5.27. The molecule has 0 saturated heterocycles. The molecule has 1 N–H and O–H groups in total. The molecule has 0 amide bonds. The van der Waals surface area contributed by atoms with E-state index in [-0.39, 0.29) is 0 Å². The van der Waals surface area contributed by atoms with Crippen LogP contribution in [-0.4, -0.2) is 25.8 Å². The number of aromatic nitrogens is 4. The summed E-state index contributed by atoms with van der Waals surface area (Å²) in [5, 5.41) is 7.69. The first kappa shape index (κ1) is 12.7. The zero-order valence-corrected chi connectivity index (χ0v) is 11.3. The molecule has 0 fully saturated rings. The molecule has 2 aromatic rings. The third-order valence-electron chi connectivity index (χ3n) is 2.61. The van der Waals surface area contributed by atoms with Gasteiger partial charge in [0.2, 0.25) is 0 Å². The zero-order valence-electron chi connectivity index (χ0n) is 11.3. The second-order valence-corrected chi connectivity index (χ2v) is 4.74. The lowest BCUT2D eigenvalue weighted by molar-refractivity contribution is 0.579. The van der Waals surface area contributed by atoms with Crippen LogP contribution in [0.1, 0.15) is 30.9 Å². The highest BCUT2D eigenvalue weighted by molar-refractivity contribution is 5.23. The summed E-state index contributed by atoms with van der Waals surface area (Å²) in [6, 6.07) is 2.47. The van der Waals surface area contributed by atoms with Crippen LogP contribution in [0.2, 0.25) is 0 Å². The molecule has 0 radical (unpaired) electrons. The summed E-state index contributed by atoms with van der Waals surface area (Å²) in [7, 11) is 0. The van der Waals surface area contributed by atoms with Gasteiger partial charge in [-0.25, -0.2) is 9.67 Å². The number of rotatable bonds is 4. The predicted molar refractivity (Wildman–Crippen MR) is 70.6 cm³/mol. The Kier molecular flexibility index (Phi) is 3.72. The minimum absolute atomic E-state index is 0.447. The van der Waals surface area contributed by atoms with Crippen molar-refractivity contribution >= 4 is 0 Å². The summed E-state index contributed by atoms with van der Waals surface area (Å²) in [5.41, 5.74) is 2.99. The third kappa shape index (κ3) is 2.92. The highest BCUT2D eigenvalue weighted by Gasteiger charge is 2.05. The van der Waals surface area contributed by atoms with Crippen LogP contribution in [0.25, 0.3) is 5.82 Å². The van der Waals surface area contributed by atoms with Crippen molar-refractivity contribution < 1.29 is 0 Å². The lowest BCUT2D eigenvalue weighted by Crippen LogP contribution is -2.22. The van der Waals surface area contributed by atoms with Gasteiger partial charge in [-0.15, -0.1) is 0 Å². The number of hydrogen-bond acceptors (Lipinski definition) is 4. The van der Waals surface area contributed by atoms with Gasteiger partial charge in [0.25, 0.3) is 0 Å². The Bertz CT molecular complexity index is 513. The van der Waals surface area contributed by atoms with Gasteiger partial charge in [-0.2, -0.15) is 5.10 Å². The molecule has 5 nitrogen and oxygen atoms in total. The van der Waals surface area contributed by atoms with Gasteiger partial charge >= 0.3 is 0 Å². The Hall–Kier alpha value is -1.75. The van der Waals surface area contributed by atoms with E-state index >= 15 is 0 Å². The smallest absolute Gasteiger partial charge is 0.172 e. The van der Waals surface area contributed by atoms with E-state index in [2.05, 4.69) is 34.2 Å². The fourth-order valence-corrected chi connectivity index (χ4v) is 1.72. The first-order valence-corrected chi connectivity index (χ1v) is 6.14. The van der Waals surface area contributed by atoms with Crippen molar-refractivity contribution in [1.82, 2.24) is 25.1 Å². The fourth-order valence-electron chi connectivity index (χ4n) is 1.72. The molecule has 0 atom stereocenters. The Balaban J connectivity index is 2.15. The first-order chi connectivity index (χ1) is 8.56. The third-order valence-corrected chi connectivity index (χ3v) is 2.61. The van der Waals surface area contributed by atoms with Gasteiger partial charge in [-0.05, 0) is 19.9 Å². The Morgan fingerprint density at radius 1 is 1.22 bits per heavy atom. The molecule has 96 valence electrons. The van der Waals surface area contributed by atoms with Crippen molar-refractivity contribution in [1.29, 1.82) is 0 Å². The van der Waals surface area contributed by atoms with Crippen molar-refractivity contribution in [3.05, 3.63) is 35.5 Å². The molecule has 0 aliphatic carbocycles. The fraction of sp³-hybridized carbons (Fsp3) is 0.462. The van der Waals surface area contributed by atoms with E-state index in [1.807, 2.05) is 24.6 Å². The van der Waals surface area contributed by atoms with E-state index < -0.39 is 0 Å². The van der Waals surface area contributed by atoms with Crippen LogP contribution in [0, 0.1) is 13.8 Å². The lowest BCUT2D eigenvalue weighted by atomic mass is 10.3. The normalized spacial score (nSPS) is 11.2. The number of nitrogens with one attached hydrogen (secondary N) is 1. The van der Waals surface area contributed by atoms with Crippen molar-refractivity contribution in [3.8, 4) is 5.82 Å². The van der Waals surface area contributed by atoms with Crippen molar-refractivity contribution in [2.75, 3.05) is 0 Å². The van der Waals surface area contributed by atoms with Gasteiger partial charge in [-0.3, -0.25) is 4.98 Å². The molecular formula is C13H19N5. The van der Waals surface area contributed by atoms with E-state index in [9.17, 15) is 0 Å². The molecule has 0 aliphatic rings. The average Bonchev–Trinajstić information content (AvgIpc) is 2.66. The molecule has 0 unspecified atom stereocenters. The minimum atomic E-state index is 0.447. The molecule has 2 rings (SSSR count). The van der Waals surface area contributed by atoms with Gasteiger partial charge in [0, 0.05) is 18.3 Å². The van der Waals surface area contributed by atoms with Crippen molar-refractivity contribution in [3.63, 3.8) is 0 Å². The maximum Gasteiger partial charge on any atom is 0.172 e. The van der Waals surface area contributed by atoms with Gasteiger partial charge in [0.05, 0.1) is 23.8 Å². The maximum absolute atomic E-state index is 4.40. The van der Waals surface area contributed by atoms with Crippen LogP contribution < -0.4 is 5.32 Å². The highest BCUT2D eigenvalue weighted by Crippen LogP contribution is 2.08. The van der Waals surface area contributed by atoms with E-state index in [1.54, 1.807) is 12.4 Å². The topological polar surface area (TPSA) is 55.6 Å². The zero-order chi connectivity index (χ0) is 13.1. The summed E-state index contributed by atoms with van der Waals surface area (Å²) >= 11 is 0. The van der Waals surface area contributed by atoms with Crippen LogP contribution in [-0.2, 0) is 6.54 Å². The summed E-state index contributed by atoms with van der Waals surface area (Å²) in [5.74, 6) is 0.758. The predicted octanol–water partition coefficient (Wildman–Crippen LogP) is 1.78. The molecule has 0 aliphatic heterocycles. The van der Waals surface area contributed by atoms with E-state index in [4.69, 9.17) is 0 Å². The van der Waals surface area contributed by atoms with Crippen LogP contribution in [0.15, 0.2) is 18.5 Å². The van der Waals surface area contributed by atoms with Crippen LogP contribution in [0.3, 0.4) is 0 Å². The van der Waals surface area contributed by atoms with Gasteiger partial charge < -0.3 is 5.32 Å². The van der Waals surface area contributed by atoms with E-state index in [1.165, 1.54) is 0 Å². The van der Waals surface area contributed by atoms with Crippen molar-refractivity contribution in [2.45, 2.75) is 40.3 Å². The summed E-state index contributed by atoms with van der Waals surface area (Å²) in [6.07, 6.45) is 3.55. The lowest BCUT2D eigenvalue weighted by Gasteiger charge is -2.08. The van der Waals surface area contributed by atoms with E-state index in [0.29, 0.717) is 6.04 Å². The quantitative estimate of drug-likeness (QED) is 0.892. The first-order valence-electron chi connectivity index (χ1n) is 6.14. The Labute approximate surface area is 107 Å². The maximum atomic E-state index is 4.40. The Morgan fingerprint density at radius 2 is 2.00 bits per heavy atom. The molecule has 5 heteroatoms. The number of aryl methyl sites for hydroxylation is 2. The number of nitrogens with zero attached hydrogens (tertiary/aromatic N) is 4. The molecule has 2 aromatic heterocycles. The summed E-state index contributed by atoms with van der Waals surface area (Å²) in [4.78, 5) is 8.79. The van der Waals surface area contributed by atoms with Crippen LogP contribution in [0.4, 0.5) is 0 Å². The molecular weight excluding hydrogens is 226 g/mol.